The first-order valence-electron chi connectivity index (χ1n) is 4.16. The van der Waals surface area contributed by atoms with Gasteiger partial charge in [0.15, 0.2) is 0 Å². The van der Waals surface area contributed by atoms with Crippen LogP contribution in [0.3, 0.4) is 0 Å². The molecule has 78 valence electrons. The minimum absolute atomic E-state index is 0.287. The van der Waals surface area contributed by atoms with Gasteiger partial charge in [0.1, 0.15) is 4.88 Å². The van der Waals surface area contributed by atoms with Crippen LogP contribution in [0.4, 0.5) is 0 Å². The molecular formula is C8H8N4O2S. The standard InChI is InChI=1S/C8H8N4O2S/c1-4-3-5(8(13)14)15-6(4)7-9-11-12(2)10-7/h3H,1-2H3,(H,13,14). The van der Waals surface area contributed by atoms with Crippen LogP contribution >= 0.6 is 11.3 Å². The van der Waals surface area contributed by atoms with E-state index in [0.29, 0.717) is 5.82 Å². The first kappa shape index (κ1) is 9.78. The average molecular weight is 224 g/mol. The summed E-state index contributed by atoms with van der Waals surface area (Å²) in [5.74, 6) is -0.467. The molecule has 0 amide bonds. The maximum absolute atomic E-state index is 10.8. The van der Waals surface area contributed by atoms with Crippen LogP contribution in [-0.4, -0.2) is 31.3 Å². The van der Waals surface area contributed by atoms with Crippen molar-refractivity contribution in [3.8, 4) is 10.7 Å². The Morgan fingerprint density at radius 3 is 2.80 bits per heavy atom. The molecular weight excluding hydrogens is 216 g/mol. The maximum Gasteiger partial charge on any atom is 0.345 e. The molecule has 0 unspecified atom stereocenters. The number of carboxylic acid groups (broad SMARTS) is 1. The van der Waals surface area contributed by atoms with Gasteiger partial charge in [-0.15, -0.1) is 21.5 Å². The van der Waals surface area contributed by atoms with Crippen molar-refractivity contribution in [3.05, 3.63) is 16.5 Å². The van der Waals surface area contributed by atoms with E-state index < -0.39 is 5.97 Å². The molecule has 1 N–H and O–H groups in total. The van der Waals surface area contributed by atoms with Crippen LogP contribution in [0.25, 0.3) is 10.7 Å². The SMILES string of the molecule is Cc1cc(C(=O)O)sc1-c1nnn(C)n1. The van der Waals surface area contributed by atoms with Crippen molar-refractivity contribution in [2.75, 3.05) is 0 Å². The summed E-state index contributed by atoms with van der Waals surface area (Å²) >= 11 is 1.16. The topological polar surface area (TPSA) is 80.9 Å². The van der Waals surface area contributed by atoms with E-state index in [-0.39, 0.29) is 4.88 Å². The van der Waals surface area contributed by atoms with E-state index >= 15 is 0 Å². The molecule has 0 aliphatic heterocycles. The zero-order valence-corrected chi connectivity index (χ0v) is 8.95. The lowest BCUT2D eigenvalue weighted by molar-refractivity contribution is 0.0702. The predicted octanol–water partition coefficient (Wildman–Crippen LogP) is 0.945. The van der Waals surface area contributed by atoms with Gasteiger partial charge in [0, 0.05) is 0 Å². The van der Waals surface area contributed by atoms with E-state index in [1.54, 1.807) is 13.1 Å². The van der Waals surface area contributed by atoms with Gasteiger partial charge in [0.25, 0.3) is 0 Å². The van der Waals surface area contributed by atoms with E-state index in [9.17, 15) is 4.79 Å². The molecule has 2 rings (SSSR count). The van der Waals surface area contributed by atoms with Gasteiger partial charge in [0.2, 0.25) is 5.82 Å². The van der Waals surface area contributed by atoms with Crippen molar-refractivity contribution < 1.29 is 9.90 Å². The van der Waals surface area contributed by atoms with Gasteiger partial charge < -0.3 is 5.11 Å². The zero-order valence-electron chi connectivity index (χ0n) is 8.13. The van der Waals surface area contributed by atoms with E-state index in [4.69, 9.17) is 5.11 Å². The molecule has 0 atom stereocenters. The second-order valence-electron chi connectivity index (χ2n) is 3.03. The second-order valence-corrected chi connectivity index (χ2v) is 4.08. The second kappa shape index (κ2) is 3.43. The minimum Gasteiger partial charge on any atom is -0.477 e. The number of aromatic nitrogens is 4. The van der Waals surface area contributed by atoms with Gasteiger partial charge in [-0.2, -0.15) is 4.80 Å². The number of nitrogens with zero attached hydrogens (tertiary/aromatic N) is 4. The Hall–Kier alpha value is -1.76. The lowest BCUT2D eigenvalue weighted by Crippen LogP contribution is -1.91. The lowest BCUT2D eigenvalue weighted by Gasteiger charge is -1.88. The molecule has 0 aliphatic carbocycles. The summed E-state index contributed by atoms with van der Waals surface area (Å²) in [6, 6.07) is 1.61. The van der Waals surface area contributed by atoms with Crippen LogP contribution in [0.15, 0.2) is 6.07 Å². The summed E-state index contributed by atoms with van der Waals surface area (Å²) in [6.07, 6.45) is 0. The first-order valence-corrected chi connectivity index (χ1v) is 4.97. The van der Waals surface area contributed by atoms with Gasteiger partial charge in [-0.25, -0.2) is 4.79 Å². The third kappa shape index (κ3) is 1.73. The van der Waals surface area contributed by atoms with E-state index in [0.717, 1.165) is 21.8 Å². The molecule has 0 fully saturated rings. The number of hydrogen-bond acceptors (Lipinski definition) is 5. The van der Waals surface area contributed by atoms with Crippen molar-refractivity contribution in [1.29, 1.82) is 0 Å². The average Bonchev–Trinajstić information content (AvgIpc) is 2.71. The lowest BCUT2D eigenvalue weighted by atomic mass is 10.2. The van der Waals surface area contributed by atoms with Crippen LogP contribution in [0.1, 0.15) is 15.2 Å². The summed E-state index contributed by atoms with van der Waals surface area (Å²) in [4.78, 5) is 13.1. The number of thiophene rings is 1. The van der Waals surface area contributed by atoms with E-state index in [1.807, 2.05) is 6.92 Å². The third-order valence-corrected chi connectivity index (χ3v) is 3.06. The fraction of sp³-hybridized carbons (Fsp3) is 0.250. The highest BCUT2D eigenvalue weighted by Crippen LogP contribution is 2.29. The van der Waals surface area contributed by atoms with Gasteiger partial charge in [-0.3, -0.25) is 0 Å². The van der Waals surface area contributed by atoms with Gasteiger partial charge in [-0.05, 0) is 23.8 Å². The van der Waals surface area contributed by atoms with Crippen LogP contribution < -0.4 is 0 Å². The van der Waals surface area contributed by atoms with Crippen molar-refractivity contribution in [2.45, 2.75) is 6.92 Å². The normalized spacial score (nSPS) is 10.5. The van der Waals surface area contributed by atoms with E-state index in [1.165, 1.54) is 4.80 Å². The molecule has 6 nitrogen and oxygen atoms in total. The smallest absolute Gasteiger partial charge is 0.345 e. The number of rotatable bonds is 2. The summed E-state index contributed by atoms with van der Waals surface area (Å²) in [7, 11) is 1.66. The Balaban J connectivity index is 2.49. The number of aromatic carboxylic acids is 1. The van der Waals surface area contributed by atoms with Crippen molar-refractivity contribution in [3.63, 3.8) is 0 Å². The monoisotopic (exact) mass is 224 g/mol. The first-order chi connectivity index (χ1) is 7.08. The predicted molar refractivity (Wildman–Crippen MR) is 53.8 cm³/mol. The highest BCUT2D eigenvalue weighted by molar-refractivity contribution is 7.17. The van der Waals surface area contributed by atoms with Crippen LogP contribution in [-0.2, 0) is 7.05 Å². The fourth-order valence-electron chi connectivity index (χ4n) is 1.18. The molecule has 2 aromatic heterocycles. The number of carboxylic acids is 1. The molecule has 0 radical (unpaired) electrons. The highest BCUT2D eigenvalue weighted by Gasteiger charge is 2.15. The largest absolute Gasteiger partial charge is 0.477 e. The van der Waals surface area contributed by atoms with Gasteiger partial charge in [0.05, 0.1) is 11.9 Å². The molecule has 7 heteroatoms. The van der Waals surface area contributed by atoms with Crippen molar-refractivity contribution in [2.24, 2.45) is 7.05 Å². The van der Waals surface area contributed by atoms with Crippen molar-refractivity contribution in [1.82, 2.24) is 20.2 Å². The van der Waals surface area contributed by atoms with Crippen LogP contribution in [0.5, 0.6) is 0 Å². The number of aryl methyl sites for hydroxylation is 2. The molecule has 0 aliphatic rings. The van der Waals surface area contributed by atoms with Gasteiger partial charge >= 0.3 is 5.97 Å². The van der Waals surface area contributed by atoms with Crippen LogP contribution in [0, 0.1) is 6.92 Å². The zero-order chi connectivity index (χ0) is 11.0. The molecule has 15 heavy (non-hydrogen) atoms. The minimum atomic E-state index is -0.932. The molecule has 0 aromatic carbocycles. The summed E-state index contributed by atoms with van der Waals surface area (Å²) in [6.45, 7) is 1.83. The van der Waals surface area contributed by atoms with Gasteiger partial charge in [-0.1, -0.05) is 0 Å². The Morgan fingerprint density at radius 2 is 2.33 bits per heavy atom. The molecule has 0 bridgehead atoms. The quantitative estimate of drug-likeness (QED) is 0.821. The number of carbonyl (C=O) groups is 1. The molecule has 0 saturated heterocycles. The molecule has 0 spiro atoms. The van der Waals surface area contributed by atoms with Crippen molar-refractivity contribution >= 4 is 17.3 Å². The number of hydrogen-bond donors (Lipinski definition) is 1. The molecule has 2 heterocycles. The number of tetrazole rings is 1. The Labute approximate surface area is 89.2 Å². The molecule has 2 aromatic rings. The maximum atomic E-state index is 10.8. The third-order valence-electron chi connectivity index (χ3n) is 1.84. The van der Waals surface area contributed by atoms with Crippen LogP contribution in [0.2, 0.25) is 0 Å². The Bertz CT molecular complexity index is 516. The Kier molecular flexibility index (Phi) is 2.24. The summed E-state index contributed by atoms with van der Waals surface area (Å²) in [5.41, 5.74) is 0.852. The summed E-state index contributed by atoms with van der Waals surface area (Å²) < 4.78 is 0. The van der Waals surface area contributed by atoms with E-state index in [2.05, 4.69) is 15.4 Å². The summed E-state index contributed by atoms with van der Waals surface area (Å²) in [5, 5.41) is 20.4. The highest BCUT2D eigenvalue weighted by atomic mass is 32.1. The Morgan fingerprint density at radius 1 is 1.60 bits per heavy atom. The fourth-order valence-corrected chi connectivity index (χ4v) is 2.12. The molecule has 0 saturated carbocycles.